The lowest BCUT2D eigenvalue weighted by atomic mass is 9.81. The predicted octanol–water partition coefficient (Wildman–Crippen LogP) is 2.65. The van der Waals surface area contributed by atoms with Crippen molar-refractivity contribution in [3.05, 3.63) is 29.3 Å². The van der Waals surface area contributed by atoms with Gasteiger partial charge in [-0.25, -0.2) is 0 Å². The maximum atomic E-state index is 11.8. The molecule has 6 heteroatoms. The zero-order valence-electron chi connectivity index (χ0n) is 12.2. The minimum atomic E-state index is -0.0928. The fourth-order valence-corrected chi connectivity index (χ4v) is 2.46. The quantitative estimate of drug-likeness (QED) is 0.871. The fourth-order valence-electron chi connectivity index (χ4n) is 2.28. The Bertz CT molecular complexity index is 463. The zero-order valence-corrected chi connectivity index (χ0v) is 13.7. The van der Waals surface area contributed by atoms with Crippen molar-refractivity contribution in [2.75, 3.05) is 26.2 Å². The van der Waals surface area contributed by atoms with Crippen molar-refractivity contribution in [2.24, 2.45) is 5.41 Å². The lowest BCUT2D eigenvalue weighted by Gasteiger charge is -2.34. The molecule has 1 fully saturated rings. The highest BCUT2D eigenvalue weighted by Crippen LogP contribution is 2.26. The van der Waals surface area contributed by atoms with Crippen LogP contribution in [0.25, 0.3) is 0 Å². The standard InChI is InChI=1S/C15H21ClN2O2.ClH/c1-15(5-7-17-8-6-15)11-18-14(19)10-20-13-4-2-3-12(16)9-13;/h2-4,9,17H,5-8,10-11H2,1H3,(H,18,19);1H. The maximum absolute atomic E-state index is 11.8. The highest BCUT2D eigenvalue weighted by atomic mass is 35.5. The van der Waals surface area contributed by atoms with E-state index in [0.29, 0.717) is 17.3 Å². The van der Waals surface area contributed by atoms with Gasteiger partial charge >= 0.3 is 0 Å². The van der Waals surface area contributed by atoms with Crippen molar-refractivity contribution in [3.63, 3.8) is 0 Å². The SMILES string of the molecule is CC1(CNC(=O)COc2cccc(Cl)c2)CCNCC1.Cl. The molecule has 1 aromatic carbocycles. The lowest BCUT2D eigenvalue weighted by molar-refractivity contribution is -0.123. The number of piperidine rings is 1. The summed E-state index contributed by atoms with van der Waals surface area (Å²) < 4.78 is 5.41. The van der Waals surface area contributed by atoms with Crippen molar-refractivity contribution in [2.45, 2.75) is 19.8 Å². The van der Waals surface area contributed by atoms with Crippen LogP contribution in [0.15, 0.2) is 24.3 Å². The molecule has 1 aliphatic rings. The van der Waals surface area contributed by atoms with E-state index in [9.17, 15) is 4.79 Å². The lowest BCUT2D eigenvalue weighted by Crippen LogP contribution is -2.43. The van der Waals surface area contributed by atoms with E-state index < -0.39 is 0 Å². The van der Waals surface area contributed by atoms with Crippen LogP contribution in [0.5, 0.6) is 5.75 Å². The molecule has 0 radical (unpaired) electrons. The molecule has 0 aromatic heterocycles. The summed E-state index contributed by atoms with van der Waals surface area (Å²) in [5.41, 5.74) is 0.191. The number of nitrogens with one attached hydrogen (secondary N) is 2. The molecule has 0 saturated carbocycles. The van der Waals surface area contributed by atoms with Crippen LogP contribution in [0.1, 0.15) is 19.8 Å². The first-order chi connectivity index (χ1) is 9.57. The summed E-state index contributed by atoms with van der Waals surface area (Å²) in [4.78, 5) is 11.8. The summed E-state index contributed by atoms with van der Waals surface area (Å²) >= 11 is 5.85. The van der Waals surface area contributed by atoms with E-state index in [0.717, 1.165) is 25.9 Å². The second-order valence-corrected chi connectivity index (χ2v) is 6.02. The Kier molecular flexibility index (Phi) is 7.29. The van der Waals surface area contributed by atoms with Gasteiger partial charge in [-0.2, -0.15) is 0 Å². The number of hydrogen-bond donors (Lipinski definition) is 2. The number of benzene rings is 1. The van der Waals surface area contributed by atoms with Gasteiger partial charge in [0.05, 0.1) is 0 Å². The summed E-state index contributed by atoms with van der Waals surface area (Å²) in [5.74, 6) is 0.519. The first-order valence-corrected chi connectivity index (χ1v) is 7.31. The molecule has 0 aliphatic carbocycles. The molecular formula is C15H22Cl2N2O2. The van der Waals surface area contributed by atoms with E-state index in [1.807, 2.05) is 0 Å². The van der Waals surface area contributed by atoms with Gasteiger partial charge in [-0.1, -0.05) is 24.6 Å². The Morgan fingerprint density at radius 3 is 2.81 bits per heavy atom. The topological polar surface area (TPSA) is 50.4 Å². The van der Waals surface area contributed by atoms with Crippen LogP contribution in [-0.4, -0.2) is 32.1 Å². The average molecular weight is 333 g/mol. The van der Waals surface area contributed by atoms with Crippen LogP contribution in [0.4, 0.5) is 0 Å². The molecule has 0 atom stereocenters. The Morgan fingerprint density at radius 1 is 1.43 bits per heavy atom. The first kappa shape index (κ1) is 18.1. The Hall–Kier alpha value is -0.970. The molecule has 118 valence electrons. The van der Waals surface area contributed by atoms with Crippen LogP contribution in [-0.2, 0) is 4.79 Å². The molecule has 1 amide bonds. The highest BCUT2D eigenvalue weighted by molar-refractivity contribution is 6.30. The summed E-state index contributed by atoms with van der Waals surface area (Å²) in [6.07, 6.45) is 2.17. The Labute approximate surface area is 137 Å². The van der Waals surface area contributed by atoms with Gasteiger partial charge in [0.25, 0.3) is 5.91 Å². The van der Waals surface area contributed by atoms with Crippen LogP contribution in [0, 0.1) is 5.41 Å². The Morgan fingerprint density at radius 2 is 2.14 bits per heavy atom. The normalized spacial score (nSPS) is 16.7. The van der Waals surface area contributed by atoms with Gasteiger partial charge in [-0.05, 0) is 49.5 Å². The van der Waals surface area contributed by atoms with Gasteiger partial charge in [0.2, 0.25) is 0 Å². The van der Waals surface area contributed by atoms with Gasteiger partial charge in [-0.3, -0.25) is 4.79 Å². The number of carbonyl (C=O) groups is 1. The number of rotatable bonds is 5. The number of halogens is 2. The first-order valence-electron chi connectivity index (χ1n) is 6.93. The molecule has 1 aliphatic heterocycles. The molecule has 0 bridgehead atoms. The molecule has 0 unspecified atom stereocenters. The summed E-state index contributed by atoms with van der Waals surface area (Å²) in [6.45, 7) is 4.98. The number of amides is 1. The molecule has 1 heterocycles. The van der Waals surface area contributed by atoms with Gasteiger partial charge < -0.3 is 15.4 Å². The third-order valence-electron chi connectivity index (χ3n) is 3.69. The molecule has 2 rings (SSSR count). The van der Waals surface area contributed by atoms with Crippen LogP contribution in [0.3, 0.4) is 0 Å². The zero-order chi connectivity index (χ0) is 14.4. The third kappa shape index (κ3) is 6.12. The monoisotopic (exact) mass is 332 g/mol. The van der Waals surface area contributed by atoms with Crippen LogP contribution in [0.2, 0.25) is 5.02 Å². The van der Waals surface area contributed by atoms with E-state index in [-0.39, 0.29) is 30.3 Å². The van der Waals surface area contributed by atoms with Crippen LogP contribution >= 0.6 is 24.0 Å². The van der Waals surface area contributed by atoms with Crippen molar-refractivity contribution in [1.82, 2.24) is 10.6 Å². The van der Waals surface area contributed by atoms with E-state index >= 15 is 0 Å². The largest absolute Gasteiger partial charge is 0.484 e. The second-order valence-electron chi connectivity index (χ2n) is 5.58. The number of carbonyl (C=O) groups excluding carboxylic acids is 1. The summed E-state index contributed by atoms with van der Waals surface area (Å²) in [5, 5.41) is 6.88. The number of ether oxygens (including phenoxy) is 1. The molecule has 2 N–H and O–H groups in total. The van der Waals surface area contributed by atoms with E-state index in [2.05, 4.69) is 17.6 Å². The van der Waals surface area contributed by atoms with Gasteiger partial charge in [-0.15, -0.1) is 12.4 Å². The van der Waals surface area contributed by atoms with E-state index in [1.165, 1.54) is 0 Å². The smallest absolute Gasteiger partial charge is 0.257 e. The predicted molar refractivity (Wildman–Crippen MR) is 87.4 cm³/mol. The molecule has 0 spiro atoms. The fraction of sp³-hybridized carbons (Fsp3) is 0.533. The maximum Gasteiger partial charge on any atom is 0.257 e. The van der Waals surface area contributed by atoms with E-state index in [4.69, 9.17) is 16.3 Å². The molecule has 1 saturated heterocycles. The average Bonchev–Trinajstić information content (AvgIpc) is 2.44. The highest BCUT2D eigenvalue weighted by Gasteiger charge is 2.26. The van der Waals surface area contributed by atoms with Crippen molar-refractivity contribution in [1.29, 1.82) is 0 Å². The molecule has 4 nitrogen and oxygen atoms in total. The van der Waals surface area contributed by atoms with Crippen molar-refractivity contribution < 1.29 is 9.53 Å². The molecule has 21 heavy (non-hydrogen) atoms. The minimum Gasteiger partial charge on any atom is -0.484 e. The summed E-state index contributed by atoms with van der Waals surface area (Å²) in [7, 11) is 0. The van der Waals surface area contributed by atoms with Gasteiger partial charge in [0.15, 0.2) is 6.61 Å². The van der Waals surface area contributed by atoms with E-state index in [1.54, 1.807) is 24.3 Å². The summed E-state index contributed by atoms with van der Waals surface area (Å²) in [6, 6.07) is 7.05. The number of hydrogen-bond acceptors (Lipinski definition) is 3. The van der Waals surface area contributed by atoms with Gasteiger partial charge in [0, 0.05) is 11.6 Å². The van der Waals surface area contributed by atoms with Crippen LogP contribution < -0.4 is 15.4 Å². The minimum absolute atomic E-state index is 0. The Balaban J connectivity index is 0.00000220. The van der Waals surface area contributed by atoms with Crippen molar-refractivity contribution in [3.8, 4) is 5.75 Å². The molecule has 1 aromatic rings. The second kappa shape index (κ2) is 8.47. The van der Waals surface area contributed by atoms with Gasteiger partial charge in [0.1, 0.15) is 5.75 Å². The third-order valence-corrected chi connectivity index (χ3v) is 3.92. The van der Waals surface area contributed by atoms with Crippen molar-refractivity contribution >= 4 is 29.9 Å². The molecular weight excluding hydrogens is 311 g/mol.